The van der Waals surface area contributed by atoms with Gasteiger partial charge in [0.25, 0.3) is 0 Å². The summed E-state index contributed by atoms with van der Waals surface area (Å²) >= 11 is 0. The summed E-state index contributed by atoms with van der Waals surface area (Å²) < 4.78 is 5.74. The molecule has 3 aromatic rings. The molecule has 33 heavy (non-hydrogen) atoms. The fourth-order valence-electron chi connectivity index (χ4n) is 4.39. The fraction of sp³-hybridized carbons (Fsp3) is 0.360. The van der Waals surface area contributed by atoms with Gasteiger partial charge >= 0.3 is 0 Å². The van der Waals surface area contributed by atoms with Crippen molar-refractivity contribution in [1.82, 2.24) is 14.9 Å². The van der Waals surface area contributed by atoms with Gasteiger partial charge in [0.05, 0.1) is 29.8 Å². The van der Waals surface area contributed by atoms with Crippen LogP contribution in [0, 0.1) is 5.41 Å². The molecule has 8 nitrogen and oxygen atoms in total. The Hall–Kier alpha value is -3.52. The van der Waals surface area contributed by atoms with Crippen molar-refractivity contribution in [3.8, 4) is 5.75 Å². The van der Waals surface area contributed by atoms with E-state index in [9.17, 15) is 5.11 Å². The number of anilines is 2. The summed E-state index contributed by atoms with van der Waals surface area (Å²) in [5.74, 6) is 1.64. The van der Waals surface area contributed by atoms with E-state index in [1.165, 1.54) is 0 Å². The van der Waals surface area contributed by atoms with E-state index in [-0.39, 0.29) is 18.1 Å². The molecule has 0 aliphatic carbocycles. The highest BCUT2D eigenvalue weighted by atomic mass is 16.5. The maximum Gasteiger partial charge on any atom is 0.145 e. The SMILES string of the molecule is CCCOc1cccc(N2CC(O)=C(c3nc4ccc(N5CCN(C)CC5)cc4[nH]3)C2=N)c1. The van der Waals surface area contributed by atoms with Gasteiger partial charge in [-0.25, -0.2) is 4.98 Å². The first-order valence-corrected chi connectivity index (χ1v) is 11.5. The van der Waals surface area contributed by atoms with Crippen LogP contribution in [0.1, 0.15) is 19.2 Å². The van der Waals surface area contributed by atoms with Crippen molar-refractivity contribution >= 4 is 33.8 Å². The summed E-state index contributed by atoms with van der Waals surface area (Å²) in [6, 6.07) is 13.9. The number of H-pyrrole nitrogens is 1. The van der Waals surface area contributed by atoms with Crippen LogP contribution in [-0.2, 0) is 0 Å². The predicted octanol–water partition coefficient (Wildman–Crippen LogP) is 3.87. The predicted molar refractivity (Wildman–Crippen MR) is 133 cm³/mol. The largest absolute Gasteiger partial charge is 0.509 e. The zero-order chi connectivity index (χ0) is 22.9. The van der Waals surface area contributed by atoms with Crippen LogP contribution in [-0.4, -0.2) is 72.2 Å². The minimum atomic E-state index is 0.137. The van der Waals surface area contributed by atoms with Gasteiger partial charge in [0.2, 0.25) is 0 Å². The monoisotopic (exact) mass is 446 g/mol. The Morgan fingerprint density at radius 2 is 1.91 bits per heavy atom. The van der Waals surface area contributed by atoms with E-state index in [0.717, 1.165) is 60.8 Å². The first kappa shape index (κ1) is 21.3. The number of aromatic nitrogens is 2. The van der Waals surface area contributed by atoms with E-state index in [4.69, 9.17) is 10.1 Å². The molecule has 1 aromatic heterocycles. The second-order valence-electron chi connectivity index (χ2n) is 8.68. The van der Waals surface area contributed by atoms with Gasteiger partial charge < -0.3 is 29.5 Å². The minimum absolute atomic E-state index is 0.137. The molecule has 1 saturated heterocycles. The number of amidine groups is 1. The van der Waals surface area contributed by atoms with Gasteiger partial charge in [-0.05, 0) is 43.8 Å². The van der Waals surface area contributed by atoms with Gasteiger partial charge in [-0.3, -0.25) is 5.41 Å². The lowest BCUT2D eigenvalue weighted by Gasteiger charge is -2.34. The normalized spacial score (nSPS) is 17.5. The smallest absolute Gasteiger partial charge is 0.145 e. The molecule has 1 fully saturated rings. The number of likely N-dealkylation sites (N-methyl/N-ethyl adjacent to an activating group) is 1. The summed E-state index contributed by atoms with van der Waals surface area (Å²) in [5.41, 5.74) is 4.14. The Balaban J connectivity index is 1.39. The molecule has 8 heteroatoms. The minimum Gasteiger partial charge on any atom is -0.509 e. The molecule has 0 spiro atoms. The summed E-state index contributed by atoms with van der Waals surface area (Å²) in [4.78, 5) is 14.5. The first-order chi connectivity index (χ1) is 16.0. The molecule has 3 N–H and O–H groups in total. The van der Waals surface area contributed by atoms with Crippen molar-refractivity contribution < 1.29 is 9.84 Å². The van der Waals surface area contributed by atoms with E-state index in [2.05, 4.69) is 45.9 Å². The number of piperazine rings is 1. The molecular formula is C25H30N6O2. The zero-order valence-electron chi connectivity index (χ0n) is 19.1. The molecule has 5 rings (SSSR count). The summed E-state index contributed by atoms with van der Waals surface area (Å²) in [7, 11) is 2.15. The number of nitrogens with one attached hydrogen (secondary N) is 2. The highest BCUT2D eigenvalue weighted by Gasteiger charge is 2.31. The summed E-state index contributed by atoms with van der Waals surface area (Å²) in [5, 5.41) is 19.5. The Labute approximate surface area is 193 Å². The molecule has 2 aliphatic rings. The quantitative estimate of drug-likeness (QED) is 0.532. The van der Waals surface area contributed by atoms with Crippen LogP contribution < -0.4 is 14.5 Å². The third kappa shape index (κ3) is 4.14. The number of ether oxygens (including phenoxy) is 1. The number of hydrogen-bond acceptors (Lipinski definition) is 6. The van der Waals surface area contributed by atoms with Crippen LogP contribution in [0.5, 0.6) is 5.75 Å². The van der Waals surface area contributed by atoms with Gasteiger partial charge in [-0.2, -0.15) is 0 Å². The average Bonchev–Trinajstić information content (AvgIpc) is 3.37. The Morgan fingerprint density at radius 3 is 2.70 bits per heavy atom. The third-order valence-electron chi connectivity index (χ3n) is 6.28. The second kappa shape index (κ2) is 8.78. The highest BCUT2D eigenvalue weighted by molar-refractivity contribution is 6.30. The number of benzene rings is 2. The van der Waals surface area contributed by atoms with E-state index in [0.29, 0.717) is 18.0 Å². The maximum atomic E-state index is 10.8. The zero-order valence-corrected chi connectivity index (χ0v) is 19.1. The second-order valence-corrected chi connectivity index (χ2v) is 8.68. The molecule has 172 valence electrons. The molecule has 0 atom stereocenters. The van der Waals surface area contributed by atoms with Gasteiger partial charge in [0.1, 0.15) is 23.2 Å². The Kier molecular flexibility index (Phi) is 5.68. The van der Waals surface area contributed by atoms with Gasteiger partial charge in [-0.15, -0.1) is 0 Å². The van der Waals surface area contributed by atoms with Crippen molar-refractivity contribution in [2.45, 2.75) is 13.3 Å². The van der Waals surface area contributed by atoms with E-state index >= 15 is 0 Å². The molecule has 0 radical (unpaired) electrons. The molecule has 2 aliphatic heterocycles. The van der Waals surface area contributed by atoms with Crippen LogP contribution in [0.15, 0.2) is 48.2 Å². The molecule has 0 bridgehead atoms. The Bertz CT molecular complexity index is 1210. The van der Waals surface area contributed by atoms with Crippen molar-refractivity contribution in [3.63, 3.8) is 0 Å². The maximum absolute atomic E-state index is 10.8. The topological polar surface area (TPSA) is 91.7 Å². The number of imidazole rings is 1. The number of aromatic amines is 1. The van der Waals surface area contributed by atoms with Gasteiger partial charge in [0, 0.05) is 43.6 Å². The van der Waals surface area contributed by atoms with Crippen molar-refractivity contribution in [3.05, 3.63) is 54.0 Å². The molecule has 0 saturated carbocycles. The van der Waals surface area contributed by atoms with Crippen LogP contribution in [0.3, 0.4) is 0 Å². The van der Waals surface area contributed by atoms with Crippen molar-refractivity contribution in [1.29, 1.82) is 5.41 Å². The summed E-state index contributed by atoms with van der Waals surface area (Å²) in [6.45, 7) is 7.02. The Morgan fingerprint density at radius 1 is 1.09 bits per heavy atom. The lowest BCUT2D eigenvalue weighted by atomic mass is 10.2. The number of aliphatic hydroxyl groups excluding tert-OH is 1. The van der Waals surface area contributed by atoms with Crippen LogP contribution in [0.4, 0.5) is 11.4 Å². The lowest BCUT2D eigenvalue weighted by molar-refractivity contribution is 0.313. The number of aliphatic hydroxyl groups is 1. The van der Waals surface area contributed by atoms with Crippen molar-refractivity contribution in [2.24, 2.45) is 0 Å². The van der Waals surface area contributed by atoms with E-state index in [1.807, 2.05) is 30.3 Å². The van der Waals surface area contributed by atoms with E-state index < -0.39 is 0 Å². The number of nitrogens with zero attached hydrogens (tertiary/aromatic N) is 4. The van der Waals surface area contributed by atoms with Crippen LogP contribution in [0.2, 0.25) is 0 Å². The molecule has 2 aromatic carbocycles. The number of fused-ring (bicyclic) bond motifs is 1. The number of hydrogen-bond donors (Lipinski definition) is 3. The molecule has 3 heterocycles. The number of rotatable bonds is 6. The van der Waals surface area contributed by atoms with Crippen LogP contribution in [0.25, 0.3) is 16.6 Å². The third-order valence-corrected chi connectivity index (χ3v) is 6.28. The first-order valence-electron chi connectivity index (χ1n) is 11.5. The standard InChI is InChI=1S/C25H30N6O2/c1-3-13-33-19-6-4-5-18(14-19)31-16-22(32)23(24(31)26)25-27-20-8-7-17(15-21(20)28-25)30-11-9-29(2)10-12-30/h4-8,14-15,26,32H,3,9-13,16H2,1-2H3,(H,27,28). The molecule has 0 unspecified atom stereocenters. The fourth-order valence-corrected chi connectivity index (χ4v) is 4.39. The van der Waals surface area contributed by atoms with Gasteiger partial charge in [-0.1, -0.05) is 13.0 Å². The van der Waals surface area contributed by atoms with E-state index in [1.54, 1.807) is 4.90 Å². The summed E-state index contributed by atoms with van der Waals surface area (Å²) in [6.07, 6.45) is 0.929. The van der Waals surface area contributed by atoms with Crippen molar-refractivity contribution in [2.75, 3.05) is 56.2 Å². The highest BCUT2D eigenvalue weighted by Crippen LogP contribution is 2.33. The molecule has 0 amide bonds. The van der Waals surface area contributed by atoms with Gasteiger partial charge in [0.15, 0.2) is 0 Å². The van der Waals surface area contributed by atoms with Crippen LogP contribution >= 0.6 is 0 Å². The average molecular weight is 447 g/mol. The lowest BCUT2D eigenvalue weighted by Crippen LogP contribution is -2.44. The molecular weight excluding hydrogens is 416 g/mol.